The highest BCUT2D eigenvalue weighted by atomic mass is 31.2. The Kier molecular flexibility index (Phi) is 27.7. The fourth-order valence-electron chi connectivity index (χ4n) is 5.68. The van der Waals surface area contributed by atoms with Crippen LogP contribution in [0.2, 0.25) is 0 Å². The molecule has 45 heavy (non-hydrogen) atoms. The summed E-state index contributed by atoms with van der Waals surface area (Å²) in [6.45, 7) is 3.39. The minimum atomic E-state index is -4.38. The molecule has 0 aliphatic rings. The van der Waals surface area contributed by atoms with Gasteiger partial charge in [0.25, 0.3) is 0 Å². The van der Waals surface area contributed by atoms with Crippen molar-refractivity contribution in [2.24, 2.45) is 0 Å². The van der Waals surface area contributed by atoms with E-state index in [1.54, 1.807) is 21.0 Å². The first-order valence-electron chi connectivity index (χ1n) is 18.1. The summed E-state index contributed by atoms with van der Waals surface area (Å²) in [7, 11) is -1.02. The molecule has 0 spiro atoms. The number of unbranched alkanes of at least 4 members (excludes halogenated alkanes) is 17. The molecule has 0 aromatic heterocycles. The van der Waals surface area contributed by atoms with E-state index in [1.807, 2.05) is 0 Å². The first-order valence-corrected chi connectivity index (χ1v) is 19.7. The van der Waals surface area contributed by atoms with E-state index < -0.39 is 38.3 Å². The molecule has 9 nitrogen and oxygen atoms in total. The first kappa shape index (κ1) is 44.2. The Balaban J connectivity index is 3.75. The molecule has 0 saturated carbocycles. The van der Waals surface area contributed by atoms with E-state index in [1.165, 1.54) is 89.9 Å². The zero-order chi connectivity index (χ0) is 33.8. The summed E-state index contributed by atoms with van der Waals surface area (Å²) in [5.41, 5.74) is 0. The van der Waals surface area contributed by atoms with E-state index in [0.717, 1.165) is 32.1 Å². The van der Waals surface area contributed by atoms with Crippen LogP contribution in [0.5, 0.6) is 0 Å². The molecule has 0 aromatic carbocycles. The summed E-state index contributed by atoms with van der Waals surface area (Å²) in [6.07, 6.45) is 26.3. The van der Waals surface area contributed by atoms with Gasteiger partial charge >= 0.3 is 5.97 Å². The van der Waals surface area contributed by atoms with Gasteiger partial charge in [-0.1, -0.05) is 116 Å². The molecule has 0 heterocycles. The second-order valence-corrected chi connectivity index (χ2v) is 15.2. The highest BCUT2D eigenvalue weighted by molar-refractivity contribution is 7.51. The zero-order valence-corrected chi connectivity index (χ0v) is 30.2. The summed E-state index contributed by atoms with van der Waals surface area (Å²) < 4.78 is 22.9. The van der Waals surface area contributed by atoms with Gasteiger partial charge in [0.1, 0.15) is 12.7 Å². The Bertz CT molecular complexity index is 777. The van der Waals surface area contributed by atoms with Gasteiger partial charge in [0.15, 0.2) is 19.7 Å². The quantitative estimate of drug-likeness (QED) is 0.0170. The van der Waals surface area contributed by atoms with E-state index in [0.29, 0.717) is 0 Å². The molecule has 3 atom stereocenters. The molecule has 0 amide bonds. The third kappa shape index (κ3) is 25.9. The van der Waals surface area contributed by atoms with Crippen molar-refractivity contribution in [3.63, 3.8) is 0 Å². The molecule has 0 aliphatic heterocycles. The second-order valence-electron chi connectivity index (χ2n) is 13.3. The average molecular weight is 664 g/mol. The van der Waals surface area contributed by atoms with E-state index in [9.17, 15) is 19.4 Å². The number of ether oxygens (including phenoxy) is 1. The van der Waals surface area contributed by atoms with Crippen molar-refractivity contribution in [3.8, 4) is 0 Å². The standard InChI is InChI=1S/C35H70NO8P/c1-5-7-8-9-10-11-12-13-14-15-16-17-18-19-20-21-22-23-24-25-26-27-35(40)43-30-32(37)31-44-45(41,42)33(6-2)36(3,4)29-28-34(38)39/h18-19,32-34,37-39H,5-17,20-31H2,1-4H3/b19-18-/t32-,33?/m1/s1. The number of allylic oxidation sites excluding steroid dienone is 2. The van der Waals surface area contributed by atoms with Gasteiger partial charge in [0, 0.05) is 19.3 Å². The van der Waals surface area contributed by atoms with Crippen molar-refractivity contribution < 1.29 is 43.3 Å². The predicted molar refractivity (Wildman–Crippen MR) is 182 cm³/mol. The van der Waals surface area contributed by atoms with Crippen molar-refractivity contribution in [3.05, 3.63) is 12.2 Å². The minimum Gasteiger partial charge on any atom is -0.774 e. The molecule has 0 aliphatic carbocycles. The van der Waals surface area contributed by atoms with Gasteiger partial charge in [-0.2, -0.15) is 0 Å². The van der Waals surface area contributed by atoms with Crippen LogP contribution >= 0.6 is 7.60 Å². The number of aliphatic hydroxyl groups is 3. The summed E-state index contributed by atoms with van der Waals surface area (Å²) in [4.78, 5) is 24.8. The van der Waals surface area contributed by atoms with Crippen LogP contribution in [0.4, 0.5) is 0 Å². The minimum absolute atomic E-state index is 0.00344. The van der Waals surface area contributed by atoms with Crippen LogP contribution in [0.3, 0.4) is 0 Å². The summed E-state index contributed by atoms with van der Waals surface area (Å²) >= 11 is 0. The molecule has 0 radical (unpaired) electrons. The van der Waals surface area contributed by atoms with Crippen LogP contribution in [0.1, 0.15) is 155 Å². The van der Waals surface area contributed by atoms with Crippen LogP contribution in [-0.4, -0.2) is 77.8 Å². The lowest BCUT2D eigenvalue weighted by Gasteiger charge is -2.43. The van der Waals surface area contributed by atoms with Gasteiger partial charge in [-0.25, -0.2) is 0 Å². The zero-order valence-electron chi connectivity index (χ0n) is 29.3. The molecule has 0 saturated heterocycles. The lowest BCUT2D eigenvalue weighted by molar-refractivity contribution is -0.904. The molecule has 0 aromatic rings. The predicted octanol–water partition coefficient (Wildman–Crippen LogP) is 7.35. The Morgan fingerprint density at radius 2 is 1.22 bits per heavy atom. The molecule has 268 valence electrons. The summed E-state index contributed by atoms with van der Waals surface area (Å²) in [5, 5.41) is 28.4. The molecule has 0 bridgehead atoms. The number of quaternary nitrogens is 1. The molecular formula is C35H70NO8P. The number of aliphatic hydroxyl groups excluding tert-OH is 2. The molecule has 0 rings (SSSR count). The number of hydrogen-bond donors (Lipinski definition) is 3. The maximum absolute atomic E-state index is 12.7. The van der Waals surface area contributed by atoms with Crippen LogP contribution in [-0.2, 0) is 18.6 Å². The highest BCUT2D eigenvalue weighted by Crippen LogP contribution is 2.48. The summed E-state index contributed by atoms with van der Waals surface area (Å²) in [5.74, 6) is -1.32. The maximum Gasteiger partial charge on any atom is 0.305 e. The Hall–Kier alpha value is -0.800. The van der Waals surface area contributed by atoms with Gasteiger partial charge in [0.2, 0.25) is 0 Å². The van der Waals surface area contributed by atoms with Crippen LogP contribution in [0, 0.1) is 0 Å². The average Bonchev–Trinajstić information content (AvgIpc) is 2.99. The van der Waals surface area contributed by atoms with E-state index >= 15 is 0 Å². The highest BCUT2D eigenvalue weighted by Gasteiger charge is 2.37. The van der Waals surface area contributed by atoms with Crippen molar-refractivity contribution in [2.45, 2.75) is 173 Å². The Morgan fingerprint density at radius 1 is 0.756 bits per heavy atom. The molecule has 10 heteroatoms. The van der Waals surface area contributed by atoms with E-state index in [2.05, 4.69) is 19.1 Å². The molecular weight excluding hydrogens is 593 g/mol. The number of nitrogens with zero attached hydrogens (tertiary/aromatic N) is 1. The fraction of sp³-hybridized carbons (Fsp3) is 0.914. The monoisotopic (exact) mass is 663 g/mol. The third-order valence-corrected chi connectivity index (χ3v) is 10.8. The molecule has 3 N–H and O–H groups in total. The van der Waals surface area contributed by atoms with Gasteiger partial charge in [-0.15, -0.1) is 0 Å². The van der Waals surface area contributed by atoms with Crippen molar-refractivity contribution in [1.29, 1.82) is 0 Å². The number of rotatable bonds is 32. The van der Waals surface area contributed by atoms with Crippen molar-refractivity contribution in [1.82, 2.24) is 0 Å². The van der Waals surface area contributed by atoms with Gasteiger partial charge < -0.3 is 38.5 Å². The smallest absolute Gasteiger partial charge is 0.305 e. The normalized spacial score (nSPS) is 15.0. The summed E-state index contributed by atoms with van der Waals surface area (Å²) in [6, 6.07) is 0. The number of carbonyl (C=O) groups is 1. The van der Waals surface area contributed by atoms with Crippen LogP contribution in [0.15, 0.2) is 12.2 Å². The topological polar surface area (TPSA) is 136 Å². The number of esters is 1. The lowest BCUT2D eigenvalue weighted by Crippen LogP contribution is -2.51. The molecule has 0 fully saturated rings. The van der Waals surface area contributed by atoms with E-state index in [-0.39, 0.29) is 36.9 Å². The lowest BCUT2D eigenvalue weighted by atomic mass is 10.0. The Morgan fingerprint density at radius 3 is 1.69 bits per heavy atom. The molecule has 2 unspecified atom stereocenters. The van der Waals surface area contributed by atoms with Crippen molar-refractivity contribution >= 4 is 13.6 Å². The third-order valence-electron chi connectivity index (χ3n) is 8.53. The Labute approximate surface area is 275 Å². The van der Waals surface area contributed by atoms with Gasteiger partial charge in [0.05, 0.1) is 27.2 Å². The second kappa shape index (κ2) is 28.2. The van der Waals surface area contributed by atoms with Gasteiger partial charge in [-0.05, 0) is 32.1 Å². The van der Waals surface area contributed by atoms with Crippen molar-refractivity contribution in [2.75, 3.05) is 33.9 Å². The first-order chi connectivity index (χ1) is 21.5. The SMILES string of the molecule is CCCCCCCCCCCCC/C=C\CCCCCCCCC(=O)OC[C@@H](O)COP(=O)([O-])C(CC)[N+](C)(C)CCC(O)O. The number of hydrogen-bond acceptors (Lipinski definition) is 8. The maximum atomic E-state index is 12.7. The largest absolute Gasteiger partial charge is 0.774 e. The van der Waals surface area contributed by atoms with E-state index in [4.69, 9.17) is 19.5 Å². The van der Waals surface area contributed by atoms with Crippen LogP contribution in [0.25, 0.3) is 0 Å². The number of carbonyl (C=O) groups excluding carboxylic acids is 1. The van der Waals surface area contributed by atoms with Crippen LogP contribution < -0.4 is 4.89 Å². The fourth-order valence-corrected chi connectivity index (χ4v) is 7.56. The van der Waals surface area contributed by atoms with Gasteiger partial charge in [-0.3, -0.25) is 4.79 Å².